The van der Waals surface area contributed by atoms with Crippen molar-refractivity contribution in [1.82, 2.24) is 20.0 Å². The summed E-state index contributed by atoms with van der Waals surface area (Å²) in [4.78, 5) is 15.0. The summed E-state index contributed by atoms with van der Waals surface area (Å²) >= 11 is 0. The van der Waals surface area contributed by atoms with Crippen LogP contribution in [0, 0.1) is 0 Å². The van der Waals surface area contributed by atoms with Crippen LogP contribution in [0.5, 0.6) is 0 Å². The third-order valence-corrected chi connectivity index (χ3v) is 5.41. The van der Waals surface area contributed by atoms with Crippen molar-refractivity contribution in [2.24, 2.45) is 7.05 Å². The van der Waals surface area contributed by atoms with E-state index in [-0.39, 0.29) is 11.4 Å². The molecule has 2 aliphatic heterocycles. The van der Waals surface area contributed by atoms with Crippen molar-refractivity contribution in [2.45, 2.75) is 37.8 Å². The summed E-state index contributed by atoms with van der Waals surface area (Å²) in [5.74, 6) is 0.219. The Morgan fingerprint density at radius 1 is 1.21 bits per heavy atom. The molecule has 0 aliphatic carbocycles. The van der Waals surface area contributed by atoms with Gasteiger partial charge in [-0.05, 0) is 32.2 Å². The van der Waals surface area contributed by atoms with Crippen LogP contribution in [0.2, 0.25) is 0 Å². The van der Waals surface area contributed by atoms with E-state index in [4.69, 9.17) is 0 Å². The fraction of sp³-hybridized carbons (Fsp3) is 0.474. The maximum absolute atomic E-state index is 12.6. The third kappa shape index (κ3) is 2.53. The Morgan fingerprint density at radius 2 is 2.00 bits per heavy atom. The fourth-order valence-electron chi connectivity index (χ4n) is 4.26. The average Bonchev–Trinajstić information content (AvgIpc) is 3.16. The van der Waals surface area contributed by atoms with E-state index in [0.717, 1.165) is 56.6 Å². The summed E-state index contributed by atoms with van der Waals surface area (Å²) in [5.41, 5.74) is 3.05. The second-order valence-corrected chi connectivity index (χ2v) is 6.96. The molecule has 1 spiro atoms. The largest absolute Gasteiger partial charge is 0.354 e. The molecule has 0 saturated carbocycles. The zero-order valence-electron chi connectivity index (χ0n) is 14.2. The number of hydrogen-bond acceptors (Lipinski definition) is 3. The highest BCUT2D eigenvalue weighted by Crippen LogP contribution is 2.37. The van der Waals surface area contributed by atoms with Crippen molar-refractivity contribution in [3.05, 3.63) is 42.1 Å². The molecule has 1 aromatic heterocycles. The molecule has 5 nitrogen and oxygen atoms in total. The van der Waals surface area contributed by atoms with E-state index < -0.39 is 0 Å². The van der Waals surface area contributed by atoms with Gasteiger partial charge in [-0.15, -0.1) is 0 Å². The van der Waals surface area contributed by atoms with Gasteiger partial charge in [0.1, 0.15) is 5.54 Å². The monoisotopic (exact) mass is 324 g/mol. The van der Waals surface area contributed by atoms with Crippen molar-refractivity contribution < 1.29 is 4.79 Å². The molecule has 1 unspecified atom stereocenters. The lowest BCUT2D eigenvalue weighted by atomic mass is 9.86. The number of amides is 1. The van der Waals surface area contributed by atoms with Crippen molar-refractivity contribution >= 4 is 5.91 Å². The molecule has 1 aromatic carbocycles. The van der Waals surface area contributed by atoms with Gasteiger partial charge in [-0.3, -0.25) is 14.4 Å². The fourth-order valence-corrected chi connectivity index (χ4v) is 4.26. The van der Waals surface area contributed by atoms with Crippen LogP contribution in [0.15, 0.2) is 36.5 Å². The number of hydrogen-bond donors (Lipinski definition) is 1. The van der Waals surface area contributed by atoms with Crippen molar-refractivity contribution in [2.75, 3.05) is 13.1 Å². The standard InChI is InChI=1S/C19H24N4O/c1-22-13-16(17(21-22)15-7-3-2-4-8-15)14-23-12-6-10-19(23)9-5-11-20-18(19)24/h2-4,7-8,13H,5-6,9-12,14H2,1H3,(H,20,24). The molecule has 2 aliphatic rings. The number of likely N-dealkylation sites (tertiary alicyclic amines) is 1. The summed E-state index contributed by atoms with van der Waals surface area (Å²) < 4.78 is 1.88. The molecule has 1 N–H and O–H groups in total. The predicted molar refractivity (Wildman–Crippen MR) is 93.3 cm³/mol. The number of aryl methyl sites for hydroxylation is 1. The first-order valence-electron chi connectivity index (χ1n) is 8.80. The van der Waals surface area contributed by atoms with E-state index >= 15 is 0 Å². The lowest BCUT2D eigenvalue weighted by Crippen LogP contribution is -2.58. The van der Waals surface area contributed by atoms with Gasteiger partial charge in [0, 0.05) is 37.5 Å². The smallest absolute Gasteiger partial charge is 0.240 e. The van der Waals surface area contributed by atoms with Gasteiger partial charge in [0.2, 0.25) is 5.91 Å². The van der Waals surface area contributed by atoms with Gasteiger partial charge in [0.15, 0.2) is 0 Å². The second-order valence-electron chi connectivity index (χ2n) is 6.96. The van der Waals surface area contributed by atoms with E-state index in [9.17, 15) is 4.79 Å². The minimum absolute atomic E-state index is 0.219. The minimum atomic E-state index is -0.304. The second kappa shape index (κ2) is 6.06. The Labute approximate surface area is 142 Å². The van der Waals surface area contributed by atoms with Crippen LogP contribution in [0.1, 0.15) is 31.2 Å². The Kier molecular flexibility index (Phi) is 3.88. The molecule has 5 heteroatoms. The SMILES string of the molecule is Cn1cc(CN2CCCC23CCCNC3=O)c(-c2ccccc2)n1. The summed E-state index contributed by atoms with van der Waals surface area (Å²) in [6.07, 6.45) is 6.20. The number of carbonyl (C=O) groups is 1. The van der Waals surface area contributed by atoms with Crippen LogP contribution in [-0.2, 0) is 18.4 Å². The number of carbonyl (C=O) groups excluding carboxylic acids is 1. The van der Waals surface area contributed by atoms with Crippen LogP contribution in [0.25, 0.3) is 11.3 Å². The van der Waals surface area contributed by atoms with Gasteiger partial charge >= 0.3 is 0 Å². The number of benzene rings is 1. The van der Waals surface area contributed by atoms with Crippen LogP contribution in [0.3, 0.4) is 0 Å². The molecule has 4 rings (SSSR count). The maximum Gasteiger partial charge on any atom is 0.240 e. The quantitative estimate of drug-likeness (QED) is 0.943. The van der Waals surface area contributed by atoms with Gasteiger partial charge in [-0.25, -0.2) is 0 Å². The molecule has 0 bridgehead atoms. The molecule has 1 atom stereocenters. The number of rotatable bonds is 3. The third-order valence-electron chi connectivity index (χ3n) is 5.41. The van der Waals surface area contributed by atoms with E-state index in [2.05, 4.69) is 33.6 Å². The van der Waals surface area contributed by atoms with Crippen molar-refractivity contribution in [3.8, 4) is 11.3 Å². The zero-order chi connectivity index (χ0) is 16.6. The highest BCUT2D eigenvalue weighted by atomic mass is 16.2. The Hall–Kier alpha value is -2.14. The van der Waals surface area contributed by atoms with Gasteiger partial charge in [-0.2, -0.15) is 5.10 Å². The van der Waals surface area contributed by atoms with Gasteiger partial charge in [0.25, 0.3) is 0 Å². The Balaban J connectivity index is 1.65. The van der Waals surface area contributed by atoms with Crippen molar-refractivity contribution in [1.29, 1.82) is 0 Å². The minimum Gasteiger partial charge on any atom is -0.354 e. The highest BCUT2D eigenvalue weighted by Gasteiger charge is 2.48. The normalized spacial score (nSPS) is 24.5. The number of piperidine rings is 1. The summed E-state index contributed by atoms with van der Waals surface area (Å²) in [5, 5.41) is 7.75. The molecule has 2 fully saturated rings. The summed E-state index contributed by atoms with van der Waals surface area (Å²) in [6.45, 7) is 2.58. The van der Waals surface area contributed by atoms with Gasteiger partial charge in [-0.1, -0.05) is 30.3 Å². The molecular weight excluding hydrogens is 300 g/mol. The van der Waals surface area contributed by atoms with Crippen LogP contribution < -0.4 is 5.32 Å². The molecule has 3 heterocycles. The molecular formula is C19H24N4O. The number of aromatic nitrogens is 2. The van der Waals surface area contributed by atoms with Crippen molar-refractivity contribution in [3.63, 3.8) is 0 Å². The van der Waals surface area contributed by atoms with E-state index in [1.54, 1.807) is 0 Å². The topological polar surface area (TPSA) is 50.2 Å². The molecule has 2 aromatic rings. The molecule has 0 radical (unpaired) electrons. The molecule has 1 amide bonds. The zero-order valence-corrected chi connectivity index (χ0v) is 14.2. The number of nitrogens with one attached hydrogen (secondary N) is 1. The van der Waals surface area contributed by atoms with Crippen LogP contribution >= 0.6 is 0 Å². The first kappa shape index (κ1) is 15.4. The molecule has 126 valence electrons. The summed E-state index contributed by atoms with van der Waals surface area (Å²) in [6, 6.07) is 10.3. The van der Waals surface area contributed by atoms with Crippen LogP contribution in [0.4, 0.5) is 0 Å². The maximum atomic E-state index is 12.6. The first-order chi connectivity index (χ1) is 11.7. The van der Waals surface area contributed by atoms with Gasteiger partial charge in [0.05, 0.1) is 5.69 Å². The van der Waals surface area contributed by atoms with Crippen LogP contribution in [-0.4, -0.2) is 39.2 Å². The average molecular weight is 324 g/mol. The van der Waals surface area contributed by atoms with Gasteiger partial charge < -0.3 is 5.32 Å². The predicted octanol–water partition coefficient (Wildman–Crippen LogP) is 2.33. The highest BCUT2D eigenvalue weighted by molar-refractivity contribution is 5.87. The number of nitrogens with zero attached hydrogens (tertiary/aromatic N) is 3. The summed E-state index contributed by atoms with van der Waals surface area (Å²) in [7, 11) is 1.96. The van der Waals surface area contributed by atoms with E-state index in [1.165, 1.54) is 5.56 Å². The first-order valence-corrected chi connectivity index (χ1v) is 8.80. The Morgan fingerprint density at radius 3 is 2.79 bits per heavy atom. The van der Waals surface area contributed by atoms with E-state index in [0.29, 0.717) is 0 Å². The lowest BCUT2D eigenvalue weighted by Gasteiger charge is -2.40. The lowest BCUT2D eigenvalue weighted by molar-refractivity contribution is -0.134. The van der Waals surface area contributed by atoms with E-state index in [1.807, 2.05) is 29.9 Å². The Bertz CT molecular complexity index is 739. The molecule has 2 saturated heterocycles. The molecule has 24 heavy (non-hydrogen) atoms.